The molecule has 0 heterocycles. The zero-order chi connectivity index (χ0) is 26.3. The van der Waals surface area contributed by atoms with Crippen LogP contribution in [0.2, 0.25) is 0 Å². The van der Waals surface area contributed by atoms with Crippen molar-refractivity contribution in [2.45, 2.75) is 81.3 Å². The summed E-state index contributed by atoms with van der Waals surface area (Å²) in [7, 11) is 0. The first-order valence-electron chi connectivity index (χ1n) is 15.1. The lowest BCUT2D eigenvalue weighted by atomic mass is 9.80. The van der Waals surface area contributed by atoms with E-state index in [1.165, 1.54) is 73.6 Å². The Morgan fingerprint density at radius 1 is 0.462 bits per heavy atom. The molecule has 1 N–H and O–H groups in total. The van der Waals surface area contributed by atoms with Crippen LogP contribution in [0.4, 0.5) is 0 Å². The molecule has 0 unspecified atom stereocenters. The van der Waals surface area contributed by atoms with E-state index in [1.807, 2.05) is 0 Å². The third-order valence-electron chi connectivity index (χ3n) is 9.20. The van der Waals surface area contributed by atoms with E-state index >= 15 is 0 Å². The van der Waals surface area contributed by atoms with Crippen molar-refractivity contribution in [3.8, 4) is 0 Å². The van der Waals surface area contributed by atoms with Crippen LogP contribution in [0.3, 0.4) is 0 Å². The van der Waals surface area contributed by atoms with Crippen LogP contribution in [0.1, 0.15) is 91.5 Å². The van der Waals surface area contributed by atoms with Crippen molar-refractivity contribution in [1.29, 1.82) is 0 Å². The molecule has 200 valence electrons. The Morgan fingerprint density at radius 3 is 1.28 bits per heavy atom. The molecule has 4 aromatic rings. The zero-order valence-corrected chi connectivity index (χ0v) is 23.0. The largest absolute Gasteiger partial charge is 0.251 e. The summed E-state index contributed by atoms with van der Waals surface area (Å²) in [5.41, 5.74) is 9.96. The van der Waals surface area contributed by atoms with Gasteiger partial charge in [0, 0.05) is 12.1 Å². The van der Waals surface area contributed by atoms with Crippen LogP contribution in [-0.2, 0) is 0 Å². The average molecular weight is 515 g/mol. The van der Waals surface area contributed by atoms with Gasteiger partial charge in [-0.15, -0.1) is 0 Å². The predicted molar refractivity (Wildman–Crippen MR) is 163 cm³/mol. The fourth-order valence-corrected chi connectivity index (χ4v) is 7.08. The summed E-state index contributed by atoms with van der Waals surface area (Å²) in [5, 5.41) is 2.69. The number of hydrogen-bond acceptors (Lipinski definition) is 2. The molecule has 0 saturated heterocycles. The molecule has 0 bridgehead atoms. The maximum absolute atomic E-state index is 4.18. The summed E-state index contributed by atoms with van der Waals surface area (Å²) >= 11 is 0. The van der Waals surface area contributed by atoms with E-state index in [-0.39, 0.29) is 6.04 Å². The van der Waals surface area contributed by atoms with Crippen LogP contribution in [0.15, 0.2) is 121 Å². The van der Waals surface area contributed by atoms with Crippen molar-refractivity contribution in [2.75, 3.05) is 0 Å². The molecule has 39 heavy (non-hydrogen) atoms. The quantitative estimate of drug-likeness (QED) is 0.236. The number of rotatable bonds is 8. The summed E-state index contributed by atoms with van der Waals surface area (Å²) in [6, 6.07) is 45.9. The molecule has 0 spiro atoms. The third kappa shape index (κ3) is 6.35. The van der Waals surface area contributed by atoms with Gasteiger partial charge in [0.25, 0.3) is 0 Å². The van der Waals surface area contributed by atoms with Crippen LogP contribution in [-0.4, -0.2) is 17.1 Å². The van der Waals surface area contributed by atoms with E-state index in [1.54, 1.807) is 0 Å². The molecule has 4 aromatic carbocycles. The Morgan fingerprint density at radius 2 is 0.846 bits per heavy atom. The molecule has 6 rings (SSSR count). The standard InChI is InChI=1S/C37H42N2/c1-5-13-29(14-6-1)31-21-25-35(26-22-31)38-39(36-27-23-32(24-28-36)30-15-7-2-8-16-30)37(33-17-9-3-10-18-33)34-19-11-4-12-20-34/h1-20,31-32,35-38H,21-28H2. The SMILES string of the molecule is c1ccc(C2CCC(NN(C3CCC(c4ccccc4)CC3)C(c3ccccc3)c3ccccc3)CC2)cc1. The molecular formula is C37H42N2. The third-order valence-corrected chi connectivity index (χ3v) is 9.20. The van der Waals surface area contributed by atoms with Crippen molar-refractivity contribution in [2.24, 2.45) is 0 Å². The number of hydrazine groups is 1. The number of benzene rings is 4. The first-order valence-corrected chi connectivity index (χ1v) is 15.1. The predicted octanol–water partition coefficient (Wildman–Crippen LogP) is 9.04. The fourth-order valence-electron chi connectivity index (χ4n) is 7.08. The Bertz CT molecular complexity index is 1200. The van der Waals surface area contributed by atoms with Crippen LogP contribution in [0.5, 0.6) is 0 Å². The van der Waals surface area contributed by atoms with Crippen LogP contribution in [0, 0.1) is 0 Å². The van der Waals surface area contributed by atoms with Crippen molar-refractivity contribution in [3.63, 3.8) is 0 Å². The molecule has 0 aliphatic heterocycles. The Kier molecular flexibility index (Phi) is 8.53. The number of nitrogens with zero attached hydrogens (tertiary/aromatic N) is 1. The second kappa shape index (κ2) is 12.8. The molecule has 2 saturated carbocycles. The lowest BCUT2D eigenvalue weighted by Crippen LogP contribution is -2.53. The number of hydrogen-bond donors (Lipinski definition) is 1. The molecule has 2 aliphatic rings. The average Bonchev–Trinajstić information content (AvgIpc) is 3.03. The normalized spacial score (nSPS) is 23.6. The van der Waals surface area contributed by atoms with Gasteiger partial charge in [-0.25, -0.2) is 5.01 Å². The van der Waals surface area contributed by atoms with Gasteiger partial charge >= 0.3 is 0 Å². The van der Waals surface area contributed by atoms with Gasteiger partial charge in [0.15, 0.2) is 0 Å². The summed E-state index contributed by atoms with van der Waals surface area (Å²) in [6.45, 7) is 0. The highest BCUT2D eigenvalue weighted by molar-refractivity contribution is 5.32. The van der Waals surface area contributed by atoms with E-state index < -0.39 is 0 Å². The molecule has 0 amide bonds. The van der Waals surface area contributed by atoms with Crippen molar-refractivity contribution in [1.82, 2.24) is 10.4 Å². The van der Waals surface area contributed by atoms with Crippen molar-refractivity contribution >= 4 is 0 Å². The van der Waals surface area contributed by atoms with E-state index in [0.717, 1.165) is 0 Å². The summed E-state index contributed by atoms with van der Waals surface area (Å²) in [4.78, 5) is 0. The topological polar surface area (TPSA) is 15.3 Å². The van der Waals surface area contributed by atoms with Gasteiger partial charge in [0.05, 0.1) is 6.04 Å². The minimum Gasteiger partial charge on any atom is -0.251 e. The van der Waals surface area contributed by atoms with E-state index in [2.05, 4.69) is 132 Å². The van der Waals surface area contributed by atoms with Gasteiger partial charge in [0.2, 0.25) is 0 Å². The Labute approximate surface area is 235 Å². The second-order valence-corrected chi connectivity index (χ2v) is 11.6. The van der Waals surface area contributed by atoms with Crippen LogP contribution >= 0.6 is 0 Å². The van der Waals surface area contributed by atoms with Crippen molar-refractivity contribution in [3.05, 3.63) is 144 Å². The smallest absolute Gasteiger partial charge is 0.0746 e. The van der Waals surface area contributed by atoms with E-state index in [9.17, 15) is 0 Å². The molecular weight excluding hydrogens is 472 g/mol. The molecule has 2 aliphatic carbocycles. The van der Waals surface area contributed by atoms with Gasteiger partial charge in [-0.1, -0.05) is 121 Å². The van der Waals surface area contributed by atoms with Crippen molar-refractivity contribution < 1.29 is 0 Å². The highest BCUT2D eigenvalue weighted by Crippen LogP contribution is 2.40. The minimum absolute atomic E-state index is 0.206. The van der Waals surface area contributed by atoms with E-state index in [4.69, 9.17) is 0 Å². The molecule has 2 fully saturated rings. The molecule has 0 radical (unpaired) electrons. The van der Waals surface area contributed by atoms with Gasteiger partial charge < -0.3 is 0 Å². The highest BCUT2D eigenvalue weighted by Gasteiger charge is 2.35. The monoisotopic (exact) mass is 514 g/mol. The van der Waals surface area contributed by atoms with Gasteiger partial charge in [-0.05, 0) is 85.5 Å². The van der Waals surface area contributed by atoms with Crippen LogP contribution in [0.25, 0.3) is 0 Å². The lowest BCUT2D eigenvalue weighted by Gasteiger charge is -2.45. The summed E-state index contributed by atoms with van der Waals surface area (Å²) in [5.74, 6) is 1.37. The second-order valence-electron chi connectivity index (χ2n) is 11.6. The highest BCUT2D eigenvalue weighted by atomic mass is 15.5. The van der Waals surface area contributed by atoms with E-state index in [0.29, 0.717) is 23.9 Å². The Balaban J connectivity index is 1.24. The minimum atomic E-state index is 0.206. The fraction of sp³-hybridized carbons (Fsp3) is 0.351. The summed E-state index contributed by atoms with van der Waals surface area (Å²) in [6.07, 6.45) is 9.94. The lowest BCUT2D eigenvalue weighted by molar-refractivity contribution is 0.0329. The maximum Gasteiger partial charge on any atom is 0.0746 e. The Hall–Kier alpha value is -3.20. The maximum atomic E-state index is 4.18. The molecule has 0 atom stereocenters. The van der Waals surface area contributed by atoms with Gasteiger partial charge in [-0.3, -0.25) is 5.43 Å². The molecule has 2 heteroatoms. The van der Waals surface area contributed by atoms with Gasteiger partial charge in [-0.2, -0.15) is 0 Å². The first-order chi connectivity index (χ1) is 19.3. The zero-order valence-electron chi connectivity index (χ0n) is 23.0. The molecule has 0 aromatic heterocycles. The summed E-state index contributed by atoms with van der Waals surface area (Å²) < 4.78 is 0. The number of nitrogens with one attached hydrogen (secondary N) is 1. The van der Waals surface area contributed by atoms with Crippen LogP contribution < -0.4 is 5.43 Å². The first kappa shape index (κ1) is 26.0. The molecule has 2 nitrogen and oxygen atoms in total. The van der Waals surface area contributed by atoms with Gasteiger partial charge in [0.1, 0.15) is 0 Å².